The van der Waals surface area contributed by atoms with Gasteiger partial charge in [-0.15, -0.1) is 0 Å². The molecule has 0 aliphatic rings. The van der Waals surface area contributed by atoms with Gasteiger partial charge < -0.3 is 5.11 Å². The van der Waals surface area contributed by atoms with Gasteiger partial charge >= 0.3 is 0 Å². The SMILES string of the molecule is Cc1cc(C(O)c2ccc3cccnc3c2)c(C)nn1. The molecule has 0 spiro atoms. The second-order valence-corrected chi connectivity index (χ2v) is 4.88. The Balaban J connectivity index is 2.07. The molecule has 20 heavy (non-hydrogen) atoms. The molecule has 0 aliphatic heterocycles. The molecule has 3 rings (SSSR count). The van der Waals surface area contributed by atoms with Gasteiger partial charge in [0.15, 0.2) is 0 Å². The molecule has 0 amide bonds. The van der Waals surface area contributed by atoms with Gasteiger partial charge in [0.1, 0.15) is 6.10 Å². The summed E-state index contributed by atoms with van der Waals surface area (Å²) in [6, 6.07) is 11.6. The van der Waals surface area contributed by atoms with Crippen LogP contribution in [0.5, 0.6) is 0 Å². The van der Waals surface area contributed by atoms with Crippen molar-refractivity contribution in [3.8, 4) is 0 Å². The highest BCUT2D eigenvalue weighted by Crippen LogP contribution is 2.26. The summed E-state index contributed by atoms with van der Waals surface area (Å²) in [7, 11) is 0. The Morgan fingerprint density at radius 3 is 2.75 bits per heavy atom. The summed E-state index contributed by atoms with van der Waals surface area (Å²) in [5.41, 5.74) is 4.01. The van der Waals surface area contributed by atoms with Crippen LogP contribution in [0, 0.1) is 13.8 Å². The highest BCUT2D eigenvalue weighted by molar-refractivity contribution is 5.79. The summed E-state index contributed by atoms with van der Waals surface area (Å²) in [4.78, 5) is 4.32. The van der Waals surface area contributed by atoms with E-state index in [0.29, 0.717) is 0 Å². The zero-order valence-electron chi connectivity index (χ0n) is 11.4. The van der Waals surface area contributed by atoms with Crippen molar-refractivity contribution in [2.45, 2.75) is 20.0 Å². The minimum Gasteiger partial charge on any atom is -0.384 e. The largest absolute Gasteiger partial charge is 0.384 e. The Morgan fingerprint density at radius 2 is 1.90 bits per heavy atom. The first-order valence-electron chi connectivity index (χ1n) is 6.49. The van der Waals surface area contributed by atoms with Crippen LogP contribution in [-0.4, -0.2) is 20.3 Å². The van der Waals surface area contributed by atoms with E-state index in [1.807, 2.05) is 50.2 Å². The fourth-order valence-corrected chi connectivity index (χ4v) is 2.28. The highest BCUT2D eigenvalue weighted by Gasteiger charge is 2.15. The normalized spacial score (nSPS) is 12.6. The number of aliphatic hydroxyl groups excluding tert-OH is 1. The predicted octanol–water partition coefficient (Wildman–Crippen LogP) is 2.72. The molecule has 0 saturated heterocycles. The van der Waals surface area contributed by atoms with Gasteiger partial charge in [0, 0.05) is 17.1 Å². The smallest absolute Gasteiger partial charge is 0.106 e. The lowest BCUT2D eigenvalue weighted by Crippen LogP contribution is -2.05. The van der Waals surface area contributed by atoms with Crippen LogP contribution in [0.25, 0.3) is 10.9 Å². The molecular formula is C16H15N3O. The molecular weight excluding hydrogens is 250 g/mol. The minimum atomic E-state index is -0.712. The monoisotopic (exact) mass is 265 g/mol. The fraction of sp³-hybridized carbons (Fsp3) is 0.188. The van der Waals surface area contributed by atoms with Gasteiger partial charge in [-0.3, -0.25) is 4.98 Å². The van der Waals surface area contributed by atoms with E-state index in [1.165, 1.54) is 0 Å². The van der Waals surface area contributed by atoms with Crippen molar-refractivity contribution < 1.29 is 5.11 Å². The summed E-state index contributed by atoms with van der Waals surface area (Å²) >= 11 is 0. The number of benzene rings is 1. The van der Waals surface area contributed by atoms with Crippen LogP contribution < -0.4 is 0 Å². The van der Waals surface area contributed by atoms with Gasteiger partial charge in [0.05, 0.1) is 16.9 Å². The molecule has 0 radical (unpaired) electrons. The van der Waals surface area contributed by atoms with E-state index in [-0.39, 0.29) is 0 Å². The Morgan fingerprint density at radius 1 is 1.05 bits per heavy atom. The van der Waals surface area contributed by atoms with Crippen LogP contribution in [0.1, 0.15) is 28.6 Å². The average molecular weight is 265 g/mol. The summed E-state index contributed by atoms with van der Waals surface area (Å²) in [6.07, 6.45) is 1.04. The van der Waals surface area contributed by atoms with Gasteiger partial charge in [-0.2, -0.15) is 10.2 Å². The molecule has 0 fully saturated rings. The van der Waals surface area contributed by atoms with Crippen LogP contribution in [0.15, 0.2) is 42.6 Å². The second-order valence-electron chi connectivity index (χ2n) is 4.88. The van der Waals surface area contributed by atoms with Crippen LogP contribution in [0.3, 0.4) is 0 Å². The highest BCUT2D eigenvalue weighted by atomic mass is 16.3. The Hall–Kier alpha value is -2.33. The lowest BCUT2D eigenvalue weighted by atomic mass is 9.99. The number of aryl methyl sites for hydroxylation is 2. The number of rotatable bonds is 2. The molecule has 2 aromatic heterocycles. The van der Waals surface area contributed by atoms with E-state index in [9.17, 15) is 5.11 Å². The number of aliphatic hydroxyl groups is 1. The number of hydrogen-bond donors (Lipinski definition) is 1. The molecule has 4 nitrogen and oxygen atoms in total. The topological polar surface area (TPSA) is 58.9 Å². The maximum atomic E-state index is 10.6. The van der Waals surface area contributed by atoms with Gasteiger partial charge in [0.25, 0.3) is 0 Å². The van der Waals surface area contributed by atoms with E-state index in [4.69, 9.17) is 0 Å². The fourth-order valence-electron chi connectivity index (χ4n) is 2.28. The Bertz CT molecular complexity index is 771. The van der Waals surface area contributed by atoms with Gasteiger partial charge in [-0.1, -0.05) is 18.2 Å². The number of aromatic nitrogens is 3. The lowest BCUT2D eigenvalue weighted by Gasteiger charge is -2.14. The third-order valence-corrected chi connectivity index (χ3v) is 3.38. The number of nitrogens with zero attached hydrogens (tertiary/aromatic N) is 3. The lowest BCUT2D eigenvalue weighted by molar-refractivity contribution is 0.218. The first-order chi connectivity index (χ1) is 9.65. The van der Waals surface area contributed by atoms with Gasteiger partial charge in [-0.05, 0) is 37.6 Å². The van der Waals surface area contributed by atoms with Crippen molar-refractivity contribution in [3.63, 3.8) is 0 Å². The quantitative estimate of drug-likeness (QED) is 0.774. The average Bonchev–Trinajstić information content (AvgIpc) is 2.48. The van der Waals surface area contributed by atoms with Crippen molar-refractivity contribution in [2.75, 3.05) is 0 Å². The van der Waals surface area contributed by atoms with Crippen LogP contribution in [0.2, 0.25) is 0 Å². The second kappa shape index (κ2) is 4.98. The molecule has 0 bridgehead atoms. The van der Waals surface area contributed by atoms with Crippen molar-refractivity contribution in [1.82, 2.24) is 15.2 Å². The summed E-state index contributed by atoms with van der Waals surface area (Å²) in [6.45, 7) is 3.72. The third kappa shape index (κ3) is 2.26. The summed E-state index contributed by atoms with van der Waals surface area (Å²) < 4.78 is 0. The van der Waals surface area contributed by atoms with E-state index in [1.54, 1.807) is 6.20 Å². The summed E-state index contributed by atoms with van der Waals surface area (Å²) in [5, 5.41) is 19.7. The molecule has 2 heterocycles. The number of fused-ring (bicyclic) bond motifs is 1. The molecule has 1 atom stereocenters. The van der Waals surface area contributed by atoms with Gasteiger partial charge in [-0.25, -0.2) is 0 Å². The molecule has 0 saturated carbocycles. The zero-order valence-corrected chi connectivity index (χ0v) is 11.4. The number of hydrogen-bond acceptors (Lipinski definition) is 4. The van der Waals surface area contributed by atoms with E-state index < -0.39 is 6.10 Å². The van der Waals surface area contributed by atoms with Crippen molar-refractivity contribution in [2.24, 2.45) is 0 Å². The van der Waals surface area contributed by atoms with E-state index in [2.05, 4.69) is 15.2 Å². The predicted molar refractivity (Wildman–Crippen MR) is 77.3 cm³/mol. The van der Waals surface area contributed by atoms with Gasteiger partial charge in [0.2, 0.25) is 0 Å². The first kappa shape index (κ1) is 12.7. The van der Waals surface area contributed by atoms with Crippen molar-refractivity contribution in [3.05, 3.63) is 65.1 Å². The van der Waals surface area contributed by atoms with E-state index in [0.717, 1.165) is 33.4 Å². The van der Waals surface area contributed by atoms with E-state index >= 15 is 0 Å². The maximum absolute atomic E-state index is 10.6. The molecule has 1 aromatic carbocycles. The van der Waals surface area contributed by atoms with Crippen molar-refractivity contribution in [1.29, 1.82) is 0 Å². The Labute approximate surface area is 117 Å². The Kier molecular flexibility index (Phi) is 3.16. The molecule has 0 aliphatic carbocycles. The summed E-state index contributed by atoms with van der Waals surface area (Å²) in [5.74, 6) is 0. The van der Waals surface area contributed by atoms with Crippen LogP contribution in [0.4, 0.5) is 0 Å². The molecule has 1 unspecified atom stereocenters. The standard InChI is InChI=1S/C16H15N3O/c1-10-8-14(11(2)19-18-10)16(20)13-6-5-12-4-3-7-17-15(12)9-13/h3-9,16,20H,1-2H3. The molecule has 3 aromatic rings. The van der Waals surface area contributed by atoms with Crippen LogP contribution in [-0.2, 0) is 0 Å². The van der Waals surface area contributed by atoms with Crippen molar-refractivity contribution >= 4 is 10.9 Å². The molecule has 4 heteroatoms. The minimum absolute atomic E-state index is 0.712. The molecule has 1 N–H and O–H groups in total. The first-order valence-corrected chi connectivity index (χ1v) is 6.49. The number of pyridine rings is 1. The molecule has 100 valence electrons. The third-order valence-electron chi connectivity index (χ3n) is 3.38. The van der Waals surface area contributed by atoms with Crippen LogP contribution >= 0.6 is 0 Å². The maximum Gasteiger partial charge on any atom is 0.106 e. The zero-order chi connectivity index (χ0) is 14.1.